The van der Waals surface area contributed by atoms with Crippen LogP contribution in [0.25, 0.3) is 0 Å². The van der Waals surface area contributed by atoms with E-state index in [1.807, 2.05) is 13.0 Å². The summed E-state index contributed by atoms with van der Waals surface area (Å²) in [6.07, 6.45) is 2.38. The maximum Gasteiger partial charge on any atom is 0.223 e. The lowest BCUT2D eigenvalue weighted by molar-refractivity contribution is 0.449. The highest BCUT2D eigenvalue weighted by Gasteiger charge is 2.27. The number of sulfone groups is 1. The van der Waals surface area contributed by atoms with E-state index in [0.29, 0.717) is 17.2 Å². The fourth-order valence-corrected chi connectivity index (χ4v) is 3.64. The molecule has 2 aromatic rings. The van der Waals surface area contributed by atoms with Crippen molar-refractivity contribution in [3.8, 4) is 11.6 Å². The molecule has 0 amide bonds. The van der Waals surface area contributed by atoms with E-state index in [0.717, 1.165) is 12.0 Å². The van der Waals surface area contributed by atoms with E-state index >= 15 is 0 Å². The fraction of sp³-hybridized carbons (Fsp3) is 0.214. The Morgan fingerprint density at radius 3 is 2.95 bits per heavy atom. The molecule has 1 aromatic heterocycles. The van der Waals surface area contributed by atoms with Crippen molar-refractivity contribution in [2.75, 3.05) is 0 Å². The zero-order chi connectivity index (χ0) is 13.5. The van der Waals surface area contributed by atoms with E-state index in [1.54, 1.807) is 30.5 Å². The van der Waals surface area contributed by atoms with E-state index in [-0.39, 0.29) is 10.6 Å². The zero-order valence-electron chi connectivity index (χ0n) is 10.5. The molecule has 0 bridgehead atoms. The fourth-order valence-electron chi connectivity index (χ4n) is 2.11. The number of benzene rings is 1. The average molecular weight is 275 g/mol. The van der Waals surface area contributed by atoms with Crippen molar-refractivity contribution in [1.29, 1.82) is 0 Å². The minimum absolute atomic E-state index is 0.0731. The molecule has 1 aliphatic rings. The van der Waals surface area contributed by atoms with Crippen LogP contribution in [0.1, 0.15) is 18.1 Å². The molecule has 0 radical (unpaired) electrons. The minimum atomic E-state index is -3.39. The number of hydrogen-bond donors (Lipinski definition) is 0. The Bertz CT molecular complexity index is 738. The predicted octanol–water partition coefficient (Wildman–Crippen LogP) is 2.72. The first-order valence-corrected chi connectivity index (χ1v) is 7.73. The van der Waals surface area contributed by atoms with Crippen LogP contribution in [0.3, 0.4) is 0 Å². The van der Waals surface area contributed by atoms with Crippen LogP contribution in [0.15, 0.2) is 41.4 Å². The SMILES string of the molecule is CCc1ccc2c(c1)S(=O)(=O)Cc1cccnc1O2. The molecule has 4 nitrogen and oxygen atoms in total. The first-order valence-electron chi connectivity index (χ1n) is 6.07. The molecule has 0 aliphatic carbocycles. The first-order chi connectivity index (χ1) is 9.10. The van der Waals surface area contributed by atoms with Crippen LogP contribution in [0.2, 0.25) is 0 Å². The third-order valence-electron chi connectivity index (χ3n) is 3.15. The Morgan fingerprint density at radius 2 is 2.16 bits per heavy atom. The molecule has 0 saturated heterocycles. The van der Waals surface area contributed by atoms with Crippen LogP contribution in [0.5, 0.6) is 11.6 Å². The molecule has 0 unspecified atom stereocenters. The number of hydrogen-bond acceptors (Lipinski definition) is 4. The van der Waals surface area contributed by atoms with Crippen LogP contribution in [0, 0.1) is 0 Å². The molecule has 98 valence electrons. The molecule has 0 saturated carbocycles. The van der Waals surface area contributed by atoms with Crippen molar-refractivity contribution in [1.82, 2.24) is 4.98 Å². The summed E-state index contributed by atoms with van der Waals surface area (Å²) in [5.41, 5.74) is 1.57. The summed E-state index contributed by atoms with van der Waals surface area (Å²) in [4.78, 5) is 4.35. The van der Waals surface area contributed by atoms with E-state index in [2.05, 4.69) is 4.98 Å². The number of aryl methyl sites for hydroxylation is 1. The molecule has 3 rings (SSSR count). The Balaban J connectivity index is 2.23. The van der Waals surface area contributed by atoms with Gasteiger partial charge in [-0.2, -0.15) is 0 Å². The second-order valence-electron chi connectivity index (χ2n) is 4.46. The quantitative estimate of drug-likeness (QED) is 0.803. The number of rotatable bonds is 1. The van der Waals surface area contributed by atoms with E-state index < -0.39 is 9.84 Å². The van der Waals surface area contributed by atoms with Gasteiger partial charge in [-0.05, 0) is 30.2 Å². The maximum absolute atomic E-state index is 12.4. The highest BCUT2D eigenvalue weighted by molar-refractivity contribution is 7.90. The van der Waals surface area contributed by atoms with Gasteiger partial charge in [-0.25, -0.2) is 13.4 Å². The van der Waals surface area contributed by atoms with Crippen LogP contribution in [-0.4, -0.2) is 13.4 Å². The Morgan fingerprint density at radius 1 is 1.32 bits per heavy atom. The van der Waals surface area contributed by atoms with Gasteiger partial charge in [-0.3, -0.25) is 0 Å². The van der Waals surface area contributed by atoms with Crippen LogP contribution >= 0.6 is 0 Å². The molecule has 1 aromatic carbocycles. The normalized spacial score (nSPS) is 15.8. The van der Waals surface area contributed by atoms with Crippen molar-refractivity contribution >= 4 is 9.84 Å². The number of nitrogens with zero attached hydrogens (tertiary/aromatic N) is 1. The summed E-state index contributed by atoms with van der Waals surface area (Å²) < 4.78 is 30.5. The molecule has 2 heterocycles. The number of ether oxygens (including phenoxy) is 1. The monoisotopic (exact) mass is 275 g/mol. The Labute approximate surface area is 112 Å². The van der Waals surface area contributed by atoms with Gasteiger partial charge in [0.1, 0.15) is 10.6 Å². The Kier molecular flexibility index (Phi) is 2.78. The van der Waals surface area contributed by atoms with Gasteiger partial charge < -0.3 is 4.74 Å². The summed E-state index contributed by atoms with van der Waals surface area (Å²) in [6.45, 7) is 1.99. The van der Waals surface area contributed by atoms with Crippen molar-refractivity contribution in [2.45, 2.75) is 24.0 Å². The van der Waals surface area contributed by atoms with Gasteiger partial charge in [-0.15, -0.1) is 0 Å². The predicted molar refractivity (Wildman–Crippen MR) is 71.0 cm³/mol. The third kappa shape index (κ3) is 2.10. The average Bonchev–Trinajstić information content (AvgIpc) is 2.51. The molecule has 0 N–H and O–H groups in total. The van der Waals surface area contributed by atoms with E-state index in [4.69, 9.17) is 4.74 Å². The molecule has 1 aliphatic heterocycles. The van der Waals surface area contributed by atoms with Crippen molar-refractivity contribution in [2.24, 2.45) is 0 Å². The van der Waals surface area contributed by atoms with Gasteiger partial charge >= 0.3 is 0 Å². The lowest BCUT2D eigenvalue weighted by Gasteiger charge is -2.08. The van der Waals surface area contributed by atoms with Gasteiger partial charge in [0.2, 0.25) is 5.88 Å². The molecule has 5 heteroatoms. The highest BCUT2D eigenvalue weighted by atomic mass is 32.2. The van der Waals surface area contributed by atoms with Gasteiger partial charge in [-0.1, -0.05) is 19.1 Å². The number of aromatic nitrogens is 1. The second kappa shape index (κ2) is 4.35. The summed E-state index contributed by atoms with van der Waals surface area (Å²) in [5, 5.41) is 0. The molecular formula is C14H13NO3S. The maximum atomic E-state index is 12.4. The second-order valence-corrected chi connectivity index (χ2v) is 6.42. The number of pyridine rings is 1. The zero-order valence-corrected chi connectivity index (χ0v) is 11.3. The van der Waals surface area contributed by atoms with Gasteiger partial charge in [0.15, 0.2) is 9.84 Å². The highest BCUT2D eigenvalue weighted by Crippen LogP contribution is 2.36. The van der Waals surface area contributed by atoms with Crippen molar-refractivity contribution in [3.05, 3.63) is 47.7 Å². The lowest BCUT2D eigenvalue weighted by Crippen LogP contribution is -2.04. The Hall–Kier alpha value is -1.88. The third-order valence-corrected chi connectivity index (χ3v) is 4.83. The van der Waals surface area contributed by atoms with E-state index in [1.165, 1.54) is 0 Å². The van der Waals surface area contributed by atoms with Crippen molar-refractivity contribution < 1.29 is 13.2 Å². The van der Waals surface area contributed by atoms with Gasteiger partial charge in [0.25, 0.3) is 0 Å². The molecule has 0 atom stereocenters. The minimum Gasteiger partial charge on any atom is -0.437 e. The van der Waals surface area contributed by atoms with Crippen LogP contribution in [-0.2, 0) is 22.0 Å². The van der Waals surface area contributed by atoms with Gasteiger partial charge in [0.05, 0.1) is 5.75 Å². The number of fused-ring (bicyclic) bond motifs is 2. The molecule has 0 fully saturated rings. The summed E-state index contributed by atoms with van der Waals surface area (Å²) in [6, 6.07) is 8.71. The topological polar surface area (TPSA) is 56.3 Å². The smallest absolute Gasteiger partial charge is 0.223 e. The first kappa shape index (κ1) is 12.2. The summed E-state index contributed by atoms with van der Waals surface area (Å²) >= 11 is 0. The summed E-state index contributed by atoms with van der Waals surface area (Å²) in [7, 11) is -3.39. The molecular weight excluding hydrogens is 262 g/mol. The lowest BCUT2D eigenvalue weighted by atomic mass is 10.2. The van der Waals surface area contributed by atoms with E-state index in [9.17, 15) is 8.42 Å². The van der Waals surface area contributed by atoms with Gasteiger partial charge in [0, 0.05) is 11.8 Å². The van der Waals surface area contributed by atoms with Crippen molar-refractivity contribution in [3.63, 3.8) is 0 Å². The largest absolute Gasteiger partial charge is 0.437 e. The van der Waals surface area contributed by atoms with Crippen LogP contribution < -0.4 is 4.74 Å². The molecule has 19 heavy (non-hydrogen) atoms. The molecule has 0 spiro atoms. The standard InChI is InChI=1S/C14H13NO3S/c1-2-10-5-6-12-13(8-10)19(16,17)9-11-4-3-7-15-14(11)18-12/h3-8H,2,9H2,1H3. The van der Waals surface area contributed by atoms with Crippen LogP contribution in [0.4, 0.5) is 0 Å². The summed E-state index contributed by atoms with van der Waals surface area (Å²) in [5.74, 6) is 0.653.